The molecule has 0 saturated carbocycles. The largest absolute Gasteiger partial charge is 0.488 e. The first-order valence-corrected chi connectivity index (χ1v) is 11.9. The SMILES string of the molecule is O=C1S/C(=C/c2cc(Br)ccc2OCc2ccc(Cl)cc2)C(=O)N1Cc1ccccc1[N+](=O)[O-]. The average Bonchev–Trinajstić information content (AvgIpc) is 3.07. The molecular formula is C24H16BrClN2O5S. The maximum Gasteiger partial charge on any atom is 0.293 e. The molecule has 0 spiro atoms. The number of para-hydroxylation sites is 1. The number of nitro groups is 1. The van der Waals surface area contributed by atoms with Crippen LogP contribution in [0.2, 0.25) is 5.02 Å². The summed E-state index contributed by atoms with van der Waals surface area (Å²) >= 11 is 10.1. The topological polar surface area (TPSA) is 89.8 Å². The van der Waals surface area contributed by atoms with Gasteiger partial charge in [-0.1, -0.05) is 57.9 Å². The number of rotatable bonds is 7. The first-order chi connectivity index (χ1) is 16.3. The van der Waals surface area contributed by atoms with E-state index in [1.807, 2.05) is 18.2 Å². The summed E-state index contributed by atoms with van der Waals surface area (Å²) in [6.07, 6.45) is 1.59. The highest BCUT2D eigenvalue weighted by atomic mass is 79.9. The summed E-state index contributed by atoms with van der Waals surface area (Å²) in [7, 11) is 0. The van der Waals surface area contributed by atoms with Crippen LogP contribution in [0.5, 0.6) is 5.75 Å². The Kier molecular flexibility index (Phi) is 7.35. The fraction of sp³-hybridized carbons (Fsp3) is 0.0833. The lowest BCUT2D eigenvalue weighted by Crippen LogP contribution is -2.27. The molecule has 172 valence electrons. The Bertz CT molecular complexity index is 1310. The fourth-order valence-electron chi connectivity index (χ4n) is 3.28. The highest BCUT2D eigenvalue weighted by Gasteiger charge is 2.36. The normalized spacial score (nSPS) is 14.6. The molecule has 0 aromatic heterocycles. The molecule has 10 heteroatoms. The van der Waals surface area contributed by atoms with E-state index < -0.39 is 16.1 Å². The Morgan fingerprint density at radius 3 is 2.56 bits per heavy atom. The Labute approximate surface area is 212 Å². The summed E-state index contributed by atoms with van der Waals surface area (Å²) in [5.41, 5.74) is 1.67. The van der Waals surface area contributed by atoms with Crippen LogP contribution in [0.4, 0.5) is 10.5 Å². The van der Waals surface area contributed by atoms with E-state index in [4.69, 9.17) is 16.3 Å². The molecular weight excluding hydrogens is 544 g/mol. The first-order valence-electron chi connectivity index (χ1n) is 9.96. The molecule has 7 nitrogen and oxygen atoms in total. The van der Waals surface area contributed by atoms with Gasteiger partial charge in [0.05, 0.1) is 16.4 Å². The zero-order valence-electron chi connectivity index (χ0n) is 17.4. The third-order valence-corrected chi connectivity index (χ3v) is 6.61. The van der Waals surface area contributed by atoms with Gasteiger partial charge in [0.1, 0.15) is 12.4 Å². The van der Waals surface area contributed by atoms with Crippen molar-refractivity contribution < 1.29 is 19.2 Å². The van der Waals surface area contributed by atoms with Crippen LogP contribution < -0.4 is 4.74 Å². The van der Waals surface area contributed by atoms with Gasteiger partial charge >= 0.3 is 0 Å². The maximum atomic E-state index is 13.0. The molecule has 1 heterocycles. The van der Waals surface area contributed by atoms with Crippen molar-refractivity contribution >= 4 is 62.2 Å². The van der Waals surface area contributed by atoms with E-state index in [1.54, 1.807) is 36.4 Å². The van der Waals surface area contributed by atoms with Gasteiger partial charge in [0.15, 0.2) is 0 Å². The zero-order chi connectivity index (χ0) is 24.2. The molecule has 3 aromatic carbocycles. The predicted molar refractivity (Wildman–Crippen MR) is 135 cm³/mol. The quantitative estimate of drug-likeness (QED) is 0.179. The minimum atomic E-state index is -0.532. The summed E-state index contributed by atoms with van der Waals surface area (Å²) < 4.78 is 6.73. The van der Waals surface area contributed by atoms with E-state index in [9.17, 15) is 19.7 Å². The first kappa shape index (κ1) is 24.0. The second kappa shape index (κ2) is 10.4. The van der Waals surface area contributed by atoms with Gasteiger partial charge in [-0.15, -0.1) is 0 Å². The third kappa shape index (κ3) is 5.49. The number of nitro benzene ring substituents is 1. The molecule has 2 amide bonds. The summed E-state index contributed by atoms with van der Waals surface area (Å²) in [5.74, 6) is 0.0143. The molecule has 34 heavy (non-hydrogen) atoms. The number of nitrogens with zero attached hydrogens (tertiary/aromatic N) is 2. The lowest BCUT2D eigenvalue weighted by Gasteiger charge is -2.13. The van der Waals surface area contributed by atoms with Crippen molar-refractivity contribution in [2.45, 2.75) is 13.2 Å². The van der Waals surface area contributed by atoms with Gasteiger partial charge in [0.2, 0.25) is 0 Å². The highest BCUT2D eigenvalue weighted by molar-refractivity contribution is 9.10. The maximum absolute atomic E-state index is 13.0. The van der Waals surface area contributed by atoms with Crippen LogP contribution in [-0.2, 0) is 17.9 Å². The van der Waals surface area contributed by atoms with Crippen LogP contribution in [0.25, 0.3) is 6.08 Å². The molecule has 0 aliphatic carbocycles. The number of hydrogen-bond donors (Lipinski definition) is 0. The molecule has 1 saturated heterocycles. The molecule has 3 aromatic rings. The van der Waals surface area contributed by atoms with Gasteiger partial charge in [-0.05, 0) is 53.7 Å². The van der Waals surface area contributed by atoms with Crippen molar-refractivity contribution in [2.24, 2.45) is 0 Å². The lowest BCUT2D eigenvalue weighted by molar-refractivity contribution is -0.385. The summed E-state index contributed by atoms with van der Waals surface area (Å²) in [4.78, 5) is 37.5. The fourth-order valence-corrected chi connectivity index (χ4v) is 4.61. The van der Waals surface area contributed by atoms with Gasteiger partial charge in [0.25, 0.3) is 16.8 Å². The number of carbonyl (C=O) groups excluding carboxylic acids is 2. The molecule has 0 unspecified atom stereocenters. The minimum Gasteiger partial charge on any atom is -0.488 e. The smallest absolute Gasteiger partial charge is 0.293 e. The Morgan fingerprint density at radius 1 is 1.09 bits per heavy atom. The van der Waals surface area contributed by atoms with Crippen molar-refractivity contribution in [3.8, 4) is 5.75 Å². The van der Waals surface area contributed by atoms with Crippen LogP contribution in [0.1, 0.15) is 16.7 Å². The van der Waals surface area contributed by atoms with Crippen LogP contribution >= 0.6 is 39.3 Å². The van der Waals surface area contributed by atoms with Crippen LogP contribution in [0, 0.1) is 10.1 Å². The summed E-state index contributed by atoms with van der Waals surface area (Å²) in [6, 6.07) is 18.7. The molecule has 0 radical (unpaired) electrons. The van der Waals surface area contributed by atoms with E-state index in [1.165, 1.54) is 18.2 Å². The predicted octanol–water partition coefficient (Wildman–Crippen LogP) is 6.83. The monoisotopic (exact) mass is 558 g/mol. The highest BCUT2D eigenvalue weighted by Crippen LogP contribution is 2.36. The molecule has 4 rings (SSSR count). The molecule has 1 fully saturated rings. The number of hydrogen-bond acceptors (Lipinski definition) is 6. The van der Waals surface area contributed by atoms with Crippen molar-refractivity contribution in [2.75, 3.05) is 0 Å². The second-order valence-corrected chi connectivity index (χ2v) is 9.60. The van der Waals surface area contributed by atoms with Gasteiger partial charge in [-0.25, -0.2) is 0 Å². The van der Waals surface area contributed by atoms with Crippen molar-refractivity contribution in [3.63, 3.8) is 0 Å². The van der Waals surface area contributed by atoms with E-state index in [0.29, 0.717) is 22.9 Å². The summed E-state index contributed by atoms with van der Waals surface area (Å²) in [6.45, 7) is 0.108. The zero-order valence-corrected chi connectivity index (χ0v) is 20.6. The van der Waals surface area contributed by atoms with Gasteiger partial charge in [-0.3, -0.25) is 24.6 Å². The molecule has 1 aliphatic rings. The van der Waals surface area contributed by atoms with Crippen molar-refractivity contribution in [1.29, 1.82) is 0 Å². The van der Waals surface area contributed by atoms with E-state index in [-0.39, 0.29) is 22.7 Å². The van der Waals surface area contributed by atoms with E-state index in [0.717, 1.165) is 26.7 Å². The van der Waals surface area contributed by atoms with Crippen LogP contribution in [-0.4, -0.2) is 21.0 Å². The second-order valence-electron chi connectivity index (χ2n) is 7.25. The number of carbonyl (C=O) groups is 2. The molecule has 0 atom stereocenters. The Morgan fingerprint density at radius 2 is 1.82 bits per heavy atom. The molecule has 0 bridgehead atoms. The van der Waals surface area contributed by atoms with Gasteiger partial charge in [-0.2, -0.15) is 0 Å². The number of ether oxygens (including phenoxy) is 1. The van der Waals surface area contributed by atoms with Crippen molar-refractivity contribution in [1.82, 2.24) is 4.90 Å². The van der Waals surface area contributed by atoms with Gasteiger partial charge < -0.3 is 4.74 Å². The molecule has 1 aliphatic heterocycles. The Hall–Kier alpha value is -3.14. The standard InChI is InChI=1S/C24H16BrClN2O5S/c25-18-7-10-21(33-14-15-5-8-19(26)9-6-15)17(11-18)12-22-23(29)27(24(30)34-22)13-16-3-1-2-4-20(16)28(31)32/h1-12H,13-14H2/b22-12+. The Balaban J connectivity index is 1.56. The average molecular weight is 560 g/mol. The number of halogens is 2. The summed E-state index contributed by atoms with van der Waals surface area (Å²) in [5, 5.41) is 11.4. The third-order valence-electron chi connectivity index (χ3n) is 4.96. The van der Waals surface area contributed by atoms with E-state index >= 15 is 0 Å². The van der Waals surface area contributed by atoms with Crippen LogP contribution in [0.3, 0.4) is 0 Å². The minimum absolute atomic E-state index is 0.143. The number of imide groups is 1. The number of benzene rings is 3. The number of thioether (sulfide) groups is 1. The van der Waals surface area contributed by atoms with E-state index in [2.05, 4.69) is 15.9 Å². The van der Waals surface area contributed by atoms with Crippen molar-refractivity contribution in [3.05, 3.63) is 108 Å². The molecule has 0 N–H and O–H groups in total. The lowest BCUT2D eigenvalue weighted by atomic mass is 10.1. The number of amides is 2. The van der Waals surface area contributed by atoms with Gasteiger partial charge in [0, 0.05) is 26.7 Å². The van der Waals surface area contributed by atoms with Crippen LogP contribution in [0.15, 0.2) is 76.1 Å².